The molecule has 76 valence electrons. The lowest BCUT2D eigenvalue weighted by molar-refractivity contribution is 0.551. The van der Waals surface area contributed by atoms with Gasteiger partial charge < -0.3 is 0 Å². The number of rotatable bonds is 0. The van der Waals surface area contributed by atoms with Crippen LogP contribution in [0, 0.1) is 0 Å². The van der Waals surface area contributed by atoms with E-state index in [-0.39, 0.29) is 11.6 Å². The number of hydrogen-bond donors (Lipinski definition) is 0. The van der Waals surface area contributed by atoms with Gasteiger partial charge in [-0.3, -0.25) is 9.36 Å². The quantitative estimate of drug-likeness (QED) is 0.635. The van der Waals surface area contributed by atoms with Crippen LogP contribution in [0.4, 0.5) is 0 Å². The maximum Gasteiger partial charge on any atom is 0.262 e. The van der Waals surface area contributed by atoms with Crippen LogP contribution in [0.1, 0.15) is 13.0 Å². The summed E-state index contributed by atoms with van der Waals surface area (Å²) in [6.45, 7) is 2.06. The van der Waals surface area contributed by atoms with Crippen LogP contribution >= 0.6 is 11.8 Å². The molecule has 0 N–H and O–H groups in total. The Balaban J connectivity index is 2.47. The van der Waals surface area contributed by atoms with Crippen molar-refractivity contribution >= 4 is 22.7 Å². The van der Waals surface area contributed by atoms with Crippen molar-refractivity contribution in [1.82, 2.24) is 9.55 Å². The minimum Gasteiger partial charge on any atom is -0.283 e. The number of thioether (sulfide) groups is 1. The molecule has 1 unspecified atom stereocenters. The highest BCUT2D eigenvalue weighted by atomic mass is 32.2. The number of fused-ring (bicyclic) bond motifs is 2. The molecule has 1 aliphatic rings. The summed E-state index contributed by atoms with van der Waals surface area (Å²) in [5.74, 6) is 0.943. The minimum atomic E-state index is 0.0908. The number of nitrogens with zero attached hydrogens (tertiary/aromatic N) is 2. The topological polar surface area (TPSA) is 34.9 Å². The zero-order chi connectivity index (χ0) is 10.4. The van der Waals surface area contributed by atoms with E-state index in [1.165, 1.54) is 0 Å². The summed E-state index contributed by atoms with van der Waals surface area (Å²) in [6, 6.07) is 7.78. The van der Waals surface area contributed by atoms with Crippen molar-refractivity contribution in [2.45, 2.75) is 18.1 Å². The number of para-hydroxylation sites is 1. The van der Waals surface area contributed by atoms with Crippen LogP contribution in [0.2, 0.25) is 0 Å². The summed E-state index contributed by atoms with van der Waals surface area (Å²) in [5.41, 5.74) is 0.892. The summed E-state index contributed by atoms with van der Waals surface area (Å²) in [4.78, 5) is 16.6. The smallest absolute Gasteiger partial charge is 0.262 e. The molecule has 0 radical (unpaired) electrons. The van der Waals surface area contributed by atoms with Gasteiger partial charge in [-0.05, 0) is 19.1 Å². The van der Waals surface area contributed by atoms with Crippen molar-refractivity contribution in [3.05, 3.63) is 34.6 Å². The van der Waals surface area contributed by atoms with Gasteiger partial charge in [0.05, 0.1) is 10.9 Å². The van der Waals surface area contributed by atoms with Crippen molar-refractivity contribution in [3.8, 4) is 0 Å². The maximum atomic E-state index is 12.1. The Morgan fingerprint density at radius 1 is 1.47 bits per heavy atom. The monoisotopic (exact) mass is 218 g/mol. The van der Waals surface area contributed by atoms with Gasteiger partial charge in [-0.25, -0.2) is 4.98 Å². The number of benzene rings is 1. The first kappa shape index (κ1) is 8.97. The van der Waals surface area contributed by atoms with Crippen molar-refractivity contribution in [1.29, 1.82) is 0 Å². The largest absolute Gasteiger partial charge is 0.283 e. The molecule has 0 amide bonds. The Hall–Kier alpha value is -1.29. The molecule has 2 heterocycles. The van der Waals surface area contributed by atoms with Crippen LogP contribution in [0.5, 0.6) is 0 Å². The van der Waals surface area contributed by atoms with Gasteiger partial charge in [-0.1, -0.05) is 23.9 Å². The van der Waals surface area contributed by atoms with Gasteiger partial charge in [0.2, 0.25) is 0 Å². The lowest BCUT2D eigenvalue weighted by Crippen LogP contribution is -2.22. The first-order chi connectivity index (χ1) is 7.27. The fourth-order valence-electron chi connectivity index (χ4n) is 1.89. The van der Waals surface area contributed by atoms with E-state index in [9.17, 15) is 4.79 Å². The van der Waals surface area contributed by atoms with Crippen molar-refractivity contribution < 1.29 is 0 Å². The first-order valence-electron chi connectivity index (χ1n) is 4.91. The highest BCUT2D eigenvalue weighted by molar-refractivity contribution is 7.99. The van der Waals surface area contributed by atoms with Gasteiger partial charge in [0.1, 0.15) is 0 Å². The summed E-state index contributed by atoms with van der Waals surface area (Å²) >= 11 is 1.66. The molecule has 1 aliphatic heterocycles. The van der Waals surface area contributed by atoms with Crippen molar-refractivity contribution in [3.63, 3.8) is 0 Å². The van der Waals surface area contributed by atoms with Crippen LogP contribution in [0.25, 0.3) is 10.9 Å². The third-order valence-corrected chi connectivity index (χ3v) is 3.87. The summed E-state index contributed by atoms with van der Waals surface area (Å²) in [7, 11) is 0. The second kappa shape index (κ2) is 3.10. The Kier molecular flexibility index (Phi) is 1.85. The van der Waals surface area contributed by atoms with Gasteiger partial charge in [0.25, 0.3) is 5.56 Å². The average molecular weight is 218 g/mol. The zero-order valence-electron chi connectivity index (χ0n) is 8.30. The molecule has 0 fully saturated rings. The molecule has 3 rings (SSSR count). The highest BCUT2D eigenvalue weighted by Crippen LogP contribution is 2.30. The molecule has 0 saturated carbocycles. The van der Waals surface area contributed by atoms with E-state index in [1.807, 2.05) is 24.3 Å². The van der Waals surface area contributed by atoms with Crippen molar-refractivity contribution in [2.75, 3.05) is 5.75 Å². The molecule has 1 aromatic heterocycles. The summed E-state index contributed by atoms with van der Waals surface area (Å²) in [5, 5.41) is 1.57. The van der Waals surface area contributed by atoms with E-state index in [1.54, 1.807) is 16.3 Å². The Morgan fingerprint density at radius 2 is 2.27 bits per heavy atom. The second-order valence-corrected chi connectivity index (χ2v) is 4.73. The van der Waals surface area contributed by atoms with E-state index in [0.29, 0.717) is 0 Å². The molecule has 2 aromatic rings. The van der Waals surface area contributed by atoms with Crippen molar-refractivity contribution in [2.24, 2.45) is 0 Å². The lowest BCUT2D eigenvalue weighted by Gasteiger charge is -2.07. The molecule has 0 saturated heterocycles. The lowest BCUT2D eigenvalue weighted by atomic mass is 10.2. The molecule has 1 atom stereocenters. The zero-order valence-corrected chi connectivity index (χ0v) is 9.12. The fourth-order valence-corrected chi connectivity index (χ4v) is 2.99. The molecule has 0 bridgehead atoms. The molecule has 15 heavy (non-hydrogen) atoms. The third-order valence-electron chi connectivity index (χ3n) is 2.67. The number of hydrogen-bond acceptors (Lipinski definition) is 3. The second-order valence-electron chi connectivity index (χ2n) is 3.75. The van der Waals surface area contributed by atoms with Crippen LogP contribution in [0.15, 0.2) is 34.2 Å². The van der Waals surface area contributed by atoms with Gasteiger partial charge in [-0.2, -0.15) is 0 Å². The van der Waals surface area contributed by atoms with Gasteiger partial charge in [-0.15, -0.1) is 0 Å². The Morgan fingerprint density at radius 3 is 3.13 bits per heavy atom. The molecular weight excluding hydrogens is 208 g/mol. The molecule has 4 heteroatoms. The predicted molar refractivity (Wildman–Crippen MR) is 61.4 cm³/mol. The third kappa shape index (κ3) is 1.21. The van der Waals surface area contributed by atoms with E-state index in [4.69, 9.17) is 0 Å². The maximum absolute atomic E-state index is 12.1. The van der Waals surface area contributed by atoms with Gasteiger partial charge in [0.15, 0.2) is 5.16 Å². The van der Waals surface area contributed by atoms with Crippen LogP contribution in [-0.2, 0) is 0 Å². The van der Waals surface area contributed by atoms with Crippen LogP contribution in [-0.4, -0.2) is 15.3 Å². The summed E-state index contributed by atoms with van der Waals surface area (Å²) in [6.07, 6.45) is 0. The van der Waals surface area contributed by atoms with E-state index >= 15 is 0 Å². The van der Waals surface area contributed by atoms with E-state index in [2.05, 4.69) is 11.9 Å². The fraction of sp³-hybridized carbons (Fsp3) is 0.273. The number of aromatic nitrogens is 2. The molecule has 0 aliphatic carbocycles. The molecular formula is C11H10N2OS. The van der Waals surface area contributed by atoms with Gasteiger partial charge in [0, 0.05) is 11.8 Å². The van der Waals surface area contributed by atoms with E-state index in [0.717, 1.165) is 21.8 Å². The Labute approximate surface area is 91.1 Å². The van der Waals surface area contributed by atoms with Gasteiger partial charge >= 0.3 is 0 Å². The normalized spacial score (nSPS) is 19.4. The predicted octanol–water partition coefficient (Wildman–Crippen LogP) is 2.06. The first-order valence-corrected chi connectivity index (χ1v) is 5.90. The van der Waals surface area contributed by atoms with Crippen LogP contribution < -0.4 is 5.56 Å². The SMILES string of the molecule is CC1CSc2nc3ccccc3c(=O)n21. The Bertz CT molecular complexity index is 591. The molecule has 3 nitrogen and oxygen atoms in total. The van der Waals surface area contributed by atoms with Crippen LogP contribution in [0.3, 0.4) is 0 Å². The highest BCUT2D eigenvalue weighted by Gasteiger charge is 2.22. The minimum absolute atomic E-state index is 0.0908. The molecule has 1 aromatic carbocycles. The standard InChI is InChI=1S/C11H10N2OS/c1-7-6-15-11-12-9-5-3-2-4-8(9)10(14)13(7)11/h2-5,7H,6H2,1H3. The average Bonchev–Trinajstić information content (AvgIpc) is 2.61. The summed E-state index contributed by atoms with van der Waals surface area (Å²) < 4.78 is 1.80. The molecule has 0 spiro atoms. The van der Waals surface area contributed by atoms with E-state index < -0.39 is 0 Å².